The molecule has 0 saturated heterocycles. The van der Waals surface area contributed by atoms with Crippen LogP contribution in [-0.4, -0.2) is 58.5 Å². The number of aromatic amines is 1. The number of rotatable bonds is 6. The Morgan fingerprint density at radius 1 is 1.31 bits per heavy atom. The SMILES string of the molecule is CC(=O)NC(CO)C(=O)N(C)[C@@H]1c2ccccc2C[C@H]1NC(=O)c1cc2cc(Cl)sc2[nH]1. The van der Waals surface area contributed by atoms with Crippen molar-refractivity contribution < 1.29 is 19.5 Å². The number of nitrogens with one attached hydrogen (secondary N) is 3. The number of thiophene rings is 1. The van der Waals surface area contributed by atoms with E-state index in [9.17, 15) is 19.5 Å². The smallest absolute Gasteiger partial charge is 0.268 e. The lowest BCUT2D eigenvalue weighted by Crippen LogP contribution is -2.52. The van der Waals surface area contributed by atoms with E-state index in [0.717, 1.165) is 21.3 Å². The van der Waals surface area contributed by atoms with E-state index >= 15 is 0 Å². The average Bonchev–Trinajstić information content (AvgIpc) is 3.41. The summed E-state index contributed by atoms with van der Waals surface area (Å²) < 4.78 is 0.641. The first-order chi connectivity index (χ1) is 15.3. The largest absolute Gasteiger partial charge is 0.394 e. The molecule has 168 valence electrons. The van der Waals surface area contributed by atoms with Gasteiger partial charge in [0, 0.05) is 19.4 Å². The van der Waals surface area contributed by atoms with Gasteiger partial charge in [-0.15, -0.1) is 11.3 Å². The molecule has 1 unspecified atom stereocenters. The van der Waals surface area contributed by atoms with Crippen LogP contribution >= 0.6 is 22.9 Å². The summed E-state index contributed by atoms with van der Waals surface area (Å²) in [5, 5.41) is 16.0. The zero-order valence-electron chi connectivity index (χ0n) is 17.5. The van der Waals surface area contributed by atoms with Gasteiger partial charge in [-0.25, -0.2) is 0 Å². The summed E-state index contributed by atoms with van der Waals surface area (Å²) in [6.07, 6.45) is 0.551. The Bertz CT molecular complexity index is 1160. The summed E-state index contributed by atoms with van der Waals surface area (Å²) >= 11 is 7.38. The van der Waals surface area contributed by atoms with Gasteiger partial charge in [-0.3, -0.25) is 14.4 Å². The predicted octanol–water partition coefficient (Wildman–Crippen LogP) is 2.23. The molecule has 8 nitrogen and oxygen atoms in total. The molecule has 0 fully saturated rings. The third kappa shape index (κ3) is 4.23. The lowest BCUT2D eigenvalue weighted by molar-refractivity contribution is -0.138. The van der Waals surface area contributed by atoms with Crippen LogP contribution in [0.4, 0.5) is 0 Å². The molecule has 0 bridgehead atoms. The van der Waals surface area contributed by atoms with Crippen LogP contribution < -0.4 is 10.6 Å². The van der Waals surface area contributed by atoms with Gasteiger partial charge in [0.15, 0.2) is 0 Å². The van der Waals surface area contributed by atoms with Crippen molar-refractivity contribution in [1.29, 1.82) is 0 Å². The Hall–Kier alpha value is -2.88. The molecule has 10 heteroatoms. The summed E-state index contributed by atoms with van der Waals surface area (Å²) in [6.45, 7) is 0.772. The Kier molecular flexibility index (Phi) is 6.23. The van der Waals surface area contributed by atoms with Crippen LogP contribution in [0.2, 0.25) is 4.34 Å². The number of nitrogens with zero attached hydrogens (tertiary/aromatic N) is 1. The normalized spacial score (nSPS) is 18.2. The maximum absolute atomic E-state index is 13.0. The number of likely N-dealkylation sites (N-methyl/N-ethyl adjacent to an activating group) is 1. The molecule has 0 saturated carbocycles. The molecule has 3 amide bonds. The Labute approximate surface area is 193 Å². The third-order valence-electron chi connectivity index (χ3n) is 5.66. The second kappa shape index (κ2) is 8.93. The van der Waals surface area contributed by atoms with Crippen LogP contribution in [0, 0.1) is 0 Å². The quantitative estimate of drug-likeness (QED) is 0.438. The first-order valence-corrected chi connectivity index (χ1v) is 11.3. The highest BCUT2D eigenvalue weighted by molar-refractivity contribution is 7.22. The molecule has 1 aliphatic carbocycles. The van der Waals surface area contributed by atoms with Gasteiger partial charge in [0.25, 0.3) is 5.91 Å². The average molecular weight is 475 g/mol. The fourth-order valence-corrected chi connectivity index (χ4v) is 5.38. The number of carbonyl (C=O) groups is 3. The molecule has 2 heterocycles. The van der Waals surface area contributed by atoms with Gasteiger partial charge in [0.05, 0.1) is 23.0 Å². The van der Waals surface area contributed by atoms with Crippen molar-refractivity contribution in [3.8, 4) is 0 Å². The summed E-state index contributed by atoms with van der Waals surface area (Å²) in [5.74, 6) is -1.12. The molecule has 4 N–H and O–H groups in total. The zero-order chi connectivity index (χ0) is 23.0. The van der Waals surface area contributed by atoms with Crippen molar-refractivity contribution in [2.75, 3.05) is 13.7 Å². The number of carbonyl (C=O) groups excluding carboxylic acids is 3. The molecule has 0 spiro atoms. The molecule has 32 heavy (non-hydrogen) atoms. The summed E-state index contributed by atoms with van der Waals surface area (Å²) in [5.41, 5.74) is 2.37. The molecular weight excluding hydrogens is 452 g/mol. The van der Waals surface area contributed by atoms with Gasteiger partial charge in [0.2, 0.25) is 11.8 Å². The lowest BCUT2D eigenvalue weighted by Gasteiger charge is -2.33. The number of aromatic nitrogens is 1. The molecule has 1 aromatic carbocycles. The van der Waals surface area contributed by atoms with Gasteiger partial charge in [-0.05, 0) is 29.7 Å². The van der Waals surface area contributed by atoms with Crippen LogP contribution in [0.5, 0.6) is 0 Å². The van der Waals surface area contributed by atoms with E-state index in [-0.39, 0.29) is 11.9 Å². The number of aliphatic hydroxyl groups excluding tert-OH is 1. The highest BCUT2D eigenvalue weighted by Crippen LogP contribution is 2.36. The minimum absolute atomic E-state index is 0.284. The van der Waals surface area contributed by atoms with E-state index in [0.29, 0.717) is 16.5 Å². The number of hydrogen-bond donors (Lipinski definition) is 4. The van der Waals surface area contributed by atoms with E-state index in [1.165, 1.54) is 23.2 Å². The van der Waals surface area contributed by atoms with Crippen molar-refractivity contribution in [2.24, 2.45) is 0 Å². The first-order valence-electron chi connectivity index (χ1n) is 10.1. The third-order valence-corrected chi connectivity index (χ3v) is 6.85. The van der Waals surface area contributed by atoms with Crippen LogP contribution in [0.1, 0.15) is 34.6 Å². The zero-order valence-corrected chi connectivity index (χ0v) is 19.1. The maximum atomic E-state index is 13.0. The minimum atomic E-state index is -1.05. The summed E-state index contributed by atoms with van der Waals surface area (Å²) in [7, 11) is 1.62. The molecular formula is C22H23ClN4O4S. The standard InChI is InChI=1S/C22H23ClN4O4S/c1-11(29)24-17(10-28)22(31)27(2)19-14-6-4-3-5-12(14)7-15(19)25-20(30)16-8-13-9-18(23)32-21(13)26-16/h3-6,8-9,15,17,19,26,28H,7,10H2,1-2H3,(H,24,29)(H,25,30)/t15-,17?,19-/m1/s1. The summed E-state index contributed by atoms with van der Waals surface area (Å²) in [6, 6.07) is 9.36. The van der Waals surface area contributed by atoms with Crippen molar-refractivity contribution in [2.45, 2.75) is 31.5 Å². The predicted molar refractivity (Wildman–Crippen MR) is 123 cm³/mol. The van der Waals surface area contributed by atoms with Crippen LogP contribution in [0.25, 0.3) is 10.2 Å². The Morgan fingerprint density at radius 3 is 2.75 bits per heavy atom. The van der Waals surface area contributed by atoms with Gasteiger partial charge in [-0.1, -0.05) is 35.9 Å². The van der Waals surface area contributed by atoms with E-state index in [4.69, 9.17) is 11.6 Å². The molecule has 4 rings (SSSR count). The molecule has 3 atom stereocenters. The fraction of sp³-hybridized carbons (Fsp3) is 0.318. The topological polar surface area (TPSA) is 115 Å². The number of hydrogen-bond acceptors (Lipinski definition) is 5. The molecule has 3 aromatic rings. The molecule has 0 aliphatic heterocycles. The van der Waals surface area contributed by atoms with Gasteiger partial charge >= 0.3 is 0 Å². The molecule has 1 aliphatic rings. The number of fused-ring (bicyclic) bond motifs is 2. The van der Waals surface area contributed by atoms with Gasteiger partial charge < -0.3 is 25.6 Å². The second-order valence-electron chi connectivity index (χ2n) is 7.83. The van der Waals surface area contributed by atoms with Crippen LogP contribution in [0.3, 0.4) is 0 Å². The van der Waals surface area contributed by atoms with E-state index in [1.54, 1.807) is 19.2 Å². The first kappa shape index (κ1) is 22.3. The molecule has 2 aromatic heterocycles. The van der Waals surface area contributed by atoms with Gasteiger partial charge in [-0.2, -0.15) is 0 Å². The maximum Gasteiger partial charge on any atom is 0.268 e. The Balaban J connectivity index is 1.59. The minimum Gasteiger partial charge on any atom is -0.394 e. The van der Waals surface area contributed by atoms with Crippen molar-refractivity contribution in [1.82, 2.24) is 20.5 Å². The number of H-pyrrole nitrogens is 1. The lowest BCUT2D eigenvalue weighted by atomic mass is 10.0. The van der Waals surface area contributed by atoms with Crippen molar-refractivity contribution in [3.63, 3.8) is 0 Å². The highest BCUT2D eigenvalue weighted by atomic mass is 35.5. The summed E-state index contributed by atoms with van der Waals surface area (Å²) in [4.78, 5) is 42.9. The van der Waals surface area contributed by atoms with Gasteiger partial charge in [0.1, 0.15) is 16.6 Å². The Morgan fingerprint density at radius 2 is 2.06 bits per heavy atom. The van der Waals surface area contributed by atoms with E-state index in [1.807, 2.05) is 24.3 Å². The number of aliphatic hydroxyl groups is 1. The van der Waals surface area contributed by atoms with E-state index in [2.05, 4.69) is 15.6 Å². The van der Waals surface area contributed by atoms with Crippen molar-refractivity contribution >= 4 is 50.9 Å². The second-order valence-corrected chi connectivity index (χ2v) is 9.51. The van der Waals surface area contributed by atoms with Crippen LogP contribution in [-0.2, 0) is 16.0 Å². The molecule has 0 radical (unpaired) electrons. The number of amides is 3. The van der Waals surface area contributed by atoms with E-state index < -0.39 is 30.5 Å². The highest BCUT2D eigenvalue weighted by Gasteiger charge is 2.39. The number of benzene rings is 1. The fourth-order valence-electron chi connectivity index (χ4n) is 4.26. The number of halogens is 1. The van der Waals surface area contributed by atoms with Crippen LogP contribution in [0.15, 0.2) is 36.4 Å². The monoisotopic (exact) mass is 474 g/mol. The van der Waals surface area contributed by atoms with Crippen molar-refractivity contribution in [3.05, 3.63) is 57.6 Å².